The molecule has 7 aromatic carbocycles. The topological polar surface area (TPSA) is 0 Å². The van der Waals surface area contributed by atoms with E-state index in [0.29, 0.717) is 0 Å². The van der Waals surface area contributed by atoms with Crippen LogP contribution >= 0.6 is 35.4 Å². The van der Waals surface area contributed by atoms with Gasteiger partial charge in [0.1, 0.15) is 31.8 Å². The summed E-state index contributed by atoms with van der Waals surface area (Å²) in [5.74, 6) is -0.209. The van der Waals surface area contributed by atoms with Gasteiger partial charge in [-0.3, -0.25) is 0 Å². The van der Waals surface area contributed by atoms with Crippen LogP contribution in [-0.4, -0.2) is 0 Å². The maximum absolute atomic E-state index is 11.9. The number of rotatable bonds is 6. The van der Waals surface area contributed by atoms with E-state index in [-0.39, 0.29) is 5.82 Å². The molecule has 0 unspecified atom stereocenters. The zero-order valence-corrected chi connectivity index (χ0v) is 31.4. The van der Waals surface area contributed by atoms with Crippen LogP contribution < -0.4 is 31.8 Å². The third kappa shape index (κ3) is 12.0. The van der Waals surface area contributed by atoms with E-state index >= 15 is 0 Å². The van der Waals surface area contributed by atoms with Crippen molar-refractivity contribution in [3.63, 3.8) is 0 Å². The van der Waals surface area contributed by atoms with Gasteiger partial charge in [0.15, 0.2) is 0 Å². The minimum Gasteiger partial charge on any atom is -0.0620 e. The largest absolute Gasteiger partial charge is 0.102 e. The van der Waals surface area contributed by atoms with Gasteiger partial charge in [-0.05, 0) is 72.8 Å². The first-order chi connectivity index (χ1) is 23.3. The summed E-state index contributed by atoms with van der Waals surface area (Å²) in [6.07, 6.45) is 0. The van der Waals surface area contributed by atoms with Crippen molar-refractivity contribution in [2.45, 2.75) is 0 Å². The van der Waals surface area contributed by atoms with Crippen LogP contribution in [0.25, 0.3) is 0 Å². The summed E-state index contributed by atoms with van der Waals surface area (Å²) in [7, 11) is -1.75. The van der Waals surface area contributed by atoms with Crippen LogP contribution in [0, 0.1) is 11.9 Å². The van der Waals surface area contributed by atoms with E-state index in [1.54, 1.807) is 0 Å². The van der Waals surface area contributed by atoms with Crippen LogP contribution in [0.1, 0.15) is 0 Å². The Morgan fingerprint density at radius 2 is 0.532 bits per heavy atom. The number of halogens is 2. The minimum atomic E-state index is -0.877. The van der Waals surface area contributed by atoms with Crippen LogP contribution in [0.3, 0.4) is 0 Å². The molecule has 0 amide bonds. The van der Waals surface area contributed by atoms with Crippen LogP contribution in [-0.2, 0) is 15.6 Å². The number of hydrogen-bond donors (Lipinski definition) is 0. The van der Waals surface area contributed by atoms with Crippen molar-refractivity contribution in [2.75, 3.05) is 0 Å². The normalized spacial score (nSPS) is 10.0. The van der Waals surface area contributed by atoms with Gasteiger partial charge in [-0.1, -0.05) is 109 Å². The molecule has 236 valence electrons. The molecule has 0 saturated heterocycles. The molecule has 0 saturated carbocycles. The van der Waals surface area contributed by atoms with Gasteiger partial charge < -0.3 is 0 Å². The fraction of sp³-hybridized carbons (Fsp3) is 0. The summed E-state index contributed by atoms with van der Waals surface area (Å²) < 4.78 is 11.9. The van der Waals surface area contributed by atoms with Gasteiger partial charge in [0.25, 0.3) is 0 Å². The second-order valence-electron chi connectivity index (χ2n) is 10.2. The van der Waals surface area contributed by atoms with Crippen LogP contribution in [0.2, 0.25) is 0 Å². The molecule has 0 radical (unpaired) electrons. The molecule has 0 fully saturated rings. The Kier molecular flexibility index (Phi) is 16.8. The molecular weight excluding hydrogens is 819 g/mol. The first-order valence-corrected chi connectivity index (χ1v) is 22.7. The zero-order chi connectivity index (χ0) is 32.9. The molecule has 0 N–H and O–H groups in total. The molecule has 47 heavy (non-hydrogen) atoms. The zero-order valence-electron chi connectivity index (χ0n) is 25.7. The maximum atomic E-state index is 11.9. The van der Waals surface area contributed by atoms with Crippen molar-refractivity contribution >= 4 is 67.2 Å². The van der Waals surface area contributed by atoms with Crippen LogP contribution in [0.5, 0.6) is 0 Å². The summed E-state index contributed by atoms with van der Waals surface area (Å²) in [4.78, 5) is 0. The first kappa shape index (κ1) is 36.6. The predicted octanol–water partition coefficient (Wildman–Crippen LogP) is 8.86. The molecule has 0 aromatic heterocycles. The fourth-order valence-electron chi connectivity index (χ4n) is 5.00. The van der Waals surface area contributed by atoms with E-state index in [0.717, 1.165) is 0 Å². The van der Waals surface area contributed by atoms with Gasteiger partial charge in [0, 0.05) is 5.82 Å². The first-order valence-electron chi connectivity index (χ1n) is 15.1. The summed E-state index contributed by atoms with van der Waals surface area (Å²) in [6.45, 7) is 0. The minimum absolute atomic E-state index is 0.209. The van der Waals surface area contributed by atoms with Crippen molar-refractivity contribution in [1.82, 2.24) is 0 Å². The molecule has 0 aliphatic carbocycles. The van der Waals surface area contributed by atoms with E-state index in [2.05, 4.69) is 204 Å². The van der Waals surface area contributed by atoms with Crippen molar-refractivity contribution in [3.05, 3.63) is 218 Å². The quantitative estimate of drug-likeness (QED) is 0.0680. The summed E-state index contributed by atoms with van der Waals surface area (Å²) >= 11 is 4.72. The Balaban J connectivity index is 0.000000170. The second kappa shape index (κ2) is 21.6. The van der Waals surface area contributed by atoms with Gasteiger partial charge in [0.05, 0.1) is 15.8 Å². The predicted molar refractivity (Wildman–Crippen MR) is 212 cm³/mol. The Morgan fingerprint density at radius 3 is 0.681 bits per heavy atom. The molecule has 0 aliphatic heterocycles. The molecule has 7 rings (SSSR count). The smallest absolute Gasteiger partial charge is 0.0620 e. The Bertz CT molecular complexity index is 1480. The number of benzene rings is 7. The Labute approximate surface area is 303 Å². The molecule has 0 heterocycles. The van der Waals surface area contributed by atoms with Gasteiger partial charge in [-0.25, -0.2) is 4.39 Å². The third-order valence-electron chi connectivity index (χ3n) is 7.05. The maximum Gasteiger partial charge on any atom is 0.102 e. The van der Waals surface area contributed by atoms with Crippen molar-refractivity contribution in [2.24, 2.45) is 0 Å². The molecule has 0 bridgehead atoms. The summed E-state index contributed by atoms with van der Waals surface area (Å²) in [6, 6.07) is 73.5. The molecule has 5 heteroatoms. The van der Waals surface area contributed by atoms with E-state index in [9.17, 15) is 4.39 Å². The average Bonchev–Trinajstić information content (AvgIpc) is 3.16. The molecule has 0 aliphatic rings. The van der Waals surface area contributed by atoms with Gasteiger partial charge >= 0.3 is 35.1 Å². The van der Waals surface area contributed by atoms with Gasteiger partial charge in [-0.15, -0.1) is 12.1 Å². The molecule has 0 atom stereocenters. The summed E-state index contributed by atoms with van der Waals surface area (Å²) in [5.41, 5.74) is 0. The number of hydrogen-bond acceptors (Lipinski definition) is 0. The van der Waals surface area contributed by atoms with Crippen LogP contribution in [0.4, 0.5) is 4.39 Å². The van der Waals surface area contributed by atoms with E-state index in [1.807, 2.05) is 19.5 Å². The SMILES string of the molecule is Fc1cc[c-]cc1.[Pd+][I].c1ccc([PH+](c2ccccc2)c2ccccc2)cc1.c1ccc([PH+](c2ccccc2)c2ccccc2)cc1. The van der Waals surface area contributed by atoms with Gasteiger partial charge in [-0.2, -0.15) is 18.2 Å². The summed E-state index contributed by atoms with van der Waals surface area (Å²) in [5, 5.41) is 8.61. The Morgan fingerprint density at radius 1 is 0.340 bits per heavy atom. The molecular formula is C42H36FIP2Pd+2. The molecule has 7 aromatic rings. The van der Waals surface area contributed by atoms with Crippen molar-refractivity contribution < 1.29 is 20.0 Å². The van der Waals surface area contributed by atoms with Crippen molar-refractivity contribution in [3.8, 4) is 0 Å². The standard InChI is InChI=1S/2C18H15P.C6H4F.HI.Pd/c2*1-4-10-16(11-5-1)19(17-12-6-2-7-13-17)18-14-8-3-9-15-18;7-6-4-2-1-3-5-6;;/h2*1-15H;2-5H;1H;/q;;-1;;+2/p+1. The fourth-order valence-corrected chi connectivity index (χ4v) is 10.2. The third-order valence-corrected chi connectivity index (χ3v) is 12.5. The Hall–Kier alpha value is -3.28. The van der Waals surface area contributed by atoms with Gasteiger partial charge in [0.2, 0.25) is 0 Å². The molecule has 0 spiro atoms. The molecule has 0 nitrogen and oxygen atoms in total. The van der Waals surface area contributed by atoms with E-state index in [1.165, 1.54) is 56.1 Å². The van der Waals surface area contributed by atoms with E-state index in [4.69, 9.17) is 0 Å². The monoisotopic (exact) mass is 854 g/mol. The average molecular weight is 855 g/mol. The van der Waals surface area contributed by atoms with E-state index < -0.39 is 15.8 Å². The second-order valence-corrected chi connectivity index (χ2v) is 15.1. The van der Waals surface area contributed by atoms with Crippen LogP contribution in [0.15, 0.2) is 206 Å². The van der Waals surface area contributed by atoms with Crippen molar-refractivity contribution in [1.29, 1.82) is 0 Å².